The monoisotopic (exact) mass is 230 g/mol. The van der Waals surface area contributed by atoms with E-state index in [1.165, 1.54) is 0 Å². The number of amides is 1. The SMILES string of the molecule is CCCC(NC(=O)C1CCOC1)C(N)=S. The zero-order valence-electron chi connectivity index (χ0n) is 8.99. The van der Waals surface area contributed by atoms with E-state index in [2.05, 4.69) is 5.32 Å². The van der Waals surface area contributed by atoms with Crippen molar-refractivity contribution in [3.8, 4) is 0 Å². The predicted octanol–water partition coefficient (Wildman–Crippen LogP) is 0.594. The van der Waals surface area contributed by atoms with Crippen LogP contribution in [-0.2, 0) is 9.53 Å². The van der Waals surface area contributed by atoms with Gasteiger partial charge in [0.15, 0.2) is 0 Å². The second-order valence-corrected chi connectivity index (χ2v) is 4.28. The Morgan fingerprint density at radius 3 is 2.93 bits per heavy atom. The first kappa shape index (κ1) is 12.4. The van der Waals surface area contributed by atoms with Crippen LogP contribution in [0.5, 0.6) is 0 Å². The van der Waals surface area contributed by atoms with Crippen LogP contribution >= 0.6 is 12.2 Å². The molecule has 4 nitrogen and oxygen atoms in total. The molecule has 0 aliphatic carbocycles. The third kappa shape index (κ3) is 3.76. The maximum absolute atomic E-state index is 11.7. The lowest BCUT2D eigenvalue weighted by molar-refractivity contribution is -0.125. The van der Waals surface area contributed by atoms with E-state index < -0.39 is 0 Å². The molecule has 1 fully saturated rings. The summed E-state index contributed by atoms with van der Waals surface area (Å²) in [5.41, 5.74) is 5.56. The standard InChI is InChI=1S/C10H18N2O2S/c1-2-3-8(9(11)15)12-10(13)7-4-5-14-6-7/h7-8H,2-6H2,1H3,(H2,11,15)(H,12,13). The van der Waals surface area contributed by atoms with Crippen molar-refractivity contribution in [3.63, 3.8) is 0 Å². The molecule has 3 N–H and O–H groups in total. The molecule has 0 bridgehead atoms. The first-order chi connectivity index (χ1) is 7.15. The lowest BCUT2D eigenvalue weighted by Gasteiger charge is -2.18. The average Bonchev–Trinajstić information content (AvgIpc) is 2.69. The summed E-state index contributed by atoms with van der Waals surface area (Å²) in [6, 6.07) is -0.168. The van der Waals surface area contributed by atoms with Crippen molar-refractivity contribution >= 4 is 23.1 Å². The van der Waals surface area contributed by atoms with E-state index in [9.17, 15) is 4.79 Å². The van der Waals surface area contributed by atoms with Gasteiger partial charge >= 0.3 is 0 Å². The van der Waals surface area contributed by atoms with Crippen LogP contribution in [0.25, 0.3) is 0 Å². The fourth-order valence-corrected chi connectivity index (χ4v) is 1.78. The van der Waals surface area contributed by atoms with E-state index in [-0.39, 0.29) is 17.9 Å². The van der Waals surface area contributed by atoms with Crippen molar-refractivity contribution in [2.45, 2.75) is 32.2 Å². The van der Waals surface area contributed by atoms with E-state index in [1.807, 2.05) is 6.92 Å². The highest BCUT2D eigenvalue weighted by Gasteiger charge is 2.25. The number of hydrogen-bond acceptors (Lipinski definition) is 3. The molecule has 0 radical (unpaired) electrons. The number of thiocarbonyl (C=S) groups is 1. The molecule has 5 heteroatoms. The van der Waals surface area contributed by atoms with Crippen LogP contribution in [0.1, 0.15) is 26.2 Å². The normalized spacial score (nSPS) is 22.3. The Bertz CT molecular complexity index is 240. The van der Waals surface area contributed by atoms with Crippen LogP contribution in [0.2, 0.25) is 0 Å². The van der Waals surface area contributed by atoms with Crippen LogP contribution < -0.4 is 11.1 Å². The Labute approximate surface area is 95.5 Å². The number of hydrogen-bond donors (Lipinski definition) is 2. The van der Waals surface area contributed by atoms with Crippen molar-refractivity contribution in [2.24, 2.45) is 11.7 Å². The number of rotatable bonds is 5. The largest absolute Gasteiger partial charge is 0.392 e. The van der Waals surface area contributed by atoms with Gasteiger partial charge in [-0.3, -0.25) is 4.79 Å². The van der Waals surface area contributed by atoms with Gasteiger partial charge in [-0.1, -0.05) is 25.6 Å². The summed E-state index contributed by atoms with van der Waals surface area (Å²) >= 11 is 4.91. The maximum atomic E-state index is 11.7. The molecule has 1 rings (SSSR count). The Hall–Kier alpha value is -0.680. The fraction of sp³-hybridized carbons (Fsp3) is 0.800. The molecule has 0 saturated carbocycles. The molecule has 1 aliphatic rings. The number of carbonyl (C=O) groups is 1. The number of nitrogens with one attached hydrogen (secondary N) is 1. The van der Waals surface area contributed by atoms with Crippen LogP contribution in [0, 0.1) is 5.92 Å². The van der Waals surface area contributed by atoms with E-state index in [4.69, 9.17) is 22.7 Å². The second kappa shape index (κ2) is 6.02. The van der Waals surface area contributed by atoms with Crippen LogP contribution in [0.4, 0.5) is 0 Å². The first-order valence-corrected chi connectivity index (χ1v) is 5.73. The lowest BCUT2D eigenvalue weighted by atomic mass is 10.1. The highest BCUT2D eigenvalue weighted by Crippen LogP contribution is 2.12. The van der Waals surface area contributed by atoms with Crippen LogP contribution in [0.15, 0.2) is 0 Å². The highest BCUT2D eigenvalue weighted by molar-refractivity contribution is 7.80. The average molecular weight is 230 g/mol. The predicted molar refractivity (Wildman–Crippen MR) is 62.6 cm³/mol. The van der Waals surface area contributed by atoms with E-state index >= 15 is 0 Å². The van der Waals surface area contributed by atoms with Gasteiger partial charge in [-0.25, -0.2) is 0 Å². The minimum Gasteiger partial charge on any atom is -0.392 e. The first-order valence-electron chi connectivity index (χ1n) is 5.32. The molecule has 2 atom stereocenters. The second-order valence-electron chi connectivity index (χ2n) is 3.81. The third-order valence-corrected chi connectivity index (χ3v) is 2.82. The van der Waals surface area contributed by atoms with Gasteiger partial charge in [0, 0.05) is 6.61 Å². The van der Waals surface area contributed by atoms with Gasteiger partial charge < -0.3 is 15.8 Å². The molecule has 1 heterocycles. The molecule has 1 saturated heterocycles. The van der Waals surface area contributed by atoms with Gasteiger partial charge in [-0.05, 0) is 12.8 Å². The molecule has 0 aromatic heterocycles. The minimum absolute atomic E-state index is 0.0127. The number of nitrogens with two attached hydrogens (primary N) is 1. The Balaban J connectivity index is 2.42. The smallest absolute Gasteiger partial charge is 0.226 e. The fourth-order valence-electron chi connectivity index (χ4n) is 1.61. The molecule has 0 spiro atoms. The Kier molecular flexibility index (Phi) is 4.98. The van der Waals surface area contributed by atoms with Crippen LogP contribution in [0.3, 0.4) is 0 Å². The lowest BCUT2D eigenvalue weighted by Crippen LogP contribution is -2.45. The van der Waals surface area contributed by atoms with E-state index in [0.29, 0.717) is 18.2 Å². The third-order valence-electron chi connectivity index (χ3n) is 2.54. The molecule has 86 valence electrons. The summed E-state index contributed by atoms with van der Waals surface area (Å²) in [7, 11) is 0. The molecule has 2 unspecified atom stereocenters. The minimum atomic E-state index is -0.168. The van der Waals surface area contributed by atoms with Gasteiger partial charge in [-0.15, -0.1) is 0 Å². The van der Waals surface area contributed by atoms with Crippen molar-refractivity contribution < 1.29 is 9.53 Å². The molecule has 0 aromatic carbocycles. The van der Waals surface area contributed by atoms with Gasteiger partial charge in [0.05, 0.1) is 23.6 Å². The molecule has 1 amide bonds. The number of ether oxygens (including phenoxy) is 1. The summed E-state index contributed by atoms with van der Waals surface area (Å²) in [5, 5.41) is 2.87. The zero-order valence-corrected chi connectivity index (χ0v) is 9.81. The van der Waals surface area contributed by atoms with Crippen molar-refractivity contribution in [2.75, 3.05) is 13.2 Å². The van der Waals surface area contributed by atoms with Crippen molar-refractivity contribution in [3.05, 3.63) is 0 Å². The molecule has 15 heavy (non-hydrogen) atoms. The van der Waals surface area contributed by atoms with Gasteiger partial charge in [-0.2, -0.15) is 0 Å². The van der Waals surface area contributed by atoms with Gasteiger partial charge in [0.25, 0.3) is 0 Å². The maximum Gasteiger partial charge on any atom is 0.226 e. The molecular formula is C10H18N2O2S. The van der Waals surface area contributed by atoms with Gasteiger partial charge in [0.2, 0.25) is 5.91 Å². The number of carbonyl (C=O) groups excluding carboxylic acids is 1. The molecular weight excluding hydrogens is 212 g/mol. The summed E-state index contributed by atoms with van der Waals surface area (Å²) in [5.74, 6) is -0.0162. The highest BCUT2D eigenvalue weighted by atomic mass is 32.1. The topological polar surface area (TPSA) is 64.3 Å². The van der Waals surface area contributed by atoms with Crippen molar-refractivity contribution in [1.82, 2.24) is 5.32 Å². The van der Waals surface area contributed by atoms with Gasteiger partial charge in [0.1, 0.15) is 0 Å². The quantitative estimate of drug-likeness (QED) is 0.679. The Morgan fingerprint density at radius 1 is 1.73 bits per heavy atom. The van der Waals surface area contributed by atoms with E-state index in [0.717, 1.165) is 19.3 Å². The van der Waals surface area contributed by atoms with E-state index in [1.54, 1.807) is 0 Å². The zero-order chi connectivity index (χ0) is 11.3. The molecule has 1 aliphatic heterocycles. The Morgan fingerprint density at radius 2 is 2.47 bits per heavy atom. The van der Waals surface area contributed by atoms with Crippen molar-refractivity contribution in [1.29, 1.82) is 0 Å². The summed E-state index contributed by atoms with van der Waals surface area (Å²) in [6.45, 7) is 3.22. The summed E-state index contributed by atoms with van der Waals surface area (Å²) in [6.07, 6.45) is 2.54. The summed E-state index contributed by atoms with van der Waals surface area (Å²) < 4.78 is 5.16. The molecule has 0 aromatic rings. The summed E-state index contributed by atoms with van der Waals surface area (Å²) in [4.78, 5) is 12.1. The van der Waals surface area contributed by atoms with Crippen LogP contribution in [-0.4, -0.2) is 30.2 Å².